The highest BCUT2D eigenvalue weighted by molar-refractivity contribution is 5.92. The number of hydrogen-bond acceptors (Lipinski definition) is 6. The molecule has 6 nitrogen and oxygen atoms in total. The highest BCUT2D eigenvalue weighted by Crippen LogP contribution is 2.26. The first-order valence-electron chi connectivity index (χ1n) is 13.3. The molecule has 0 fully saturated rings. The molecule has 0 amide bonds. The summed E-state index contributed by atoms with van der Waals surface area (Å²) in [5, 5.41) is 0. The maximum absolute atomic E-state index is 12.7. The molecule has 0 heterocycles. The van der Waals surface area contributed by atoms with E-state index in [2.05, 4.69) is 0 Å². The van der Waals surface area contributed by atoms with Crippen LogP contribution in [0.3, 0.4) is 0 Å². The van der Waals surface area contributed by atoms with Gasteiger partial charge in [-0.25, -0.2) is 14.4 Å². The molecule has 0 unspecified atom stereocenters. The van der Waals surface area contributed by atoms with E-state index in [4.69, 9.17) is 14.2 Å². The van der Waals surface area contributed by atoms with Crippen LogP contribution in [0.2, 0.25) is 0 Å². The first-order valence-corrected chi connectivity index (χ1v) is 13.3. The topological polar surface area (TPSA) is 78.9 Å². The Labute approximate surface area is 243 Å². The number of allylic oxidation sites excluding steroid dienone is 1. The van der Waals surface area contributed by atoms with E-state index in [0.29, 0.717) is 34.4 Å². The van der Waals surface area contributed by atoms with Crippen molar-refractivity contribution >= 4 is 24.0 Å². The summed E-state index contributed by atoms with van der Waals surface area (Å²) in [5.41, 5.74) is 2.96. The normalized spacial score (nSPS) is 10.7. The summed E-state index contributed by atoms with van der Waals surface area (Å²) in [6.45, 7) is 0. The summed E-state index contributed by atoms with van der Waals surface area (Å²) in [7, 11) is 0. The van der Waals surface area contributed by atoms with Gasteiger partial charge in [0.1, 0.15) is 17.2 Å². The lowest BCUT2D eigenvalue weighted by Crippen LogP contribution is -2.10. The Bertz CT molecular complexity index is 1620. The molecule has 5 aromatic carbocycles. The summed E-state index contributed by atoms with van der Waals surface area (Å²) in [6, 6.07) is 38.2. The average molecular weight is 555 g/mol. The van der Waals surface area contributed by atoms with Crippen LogP contribution < -0.4 is 14.2 Å². The van der Waals surface area contributed by atoms with Gasteiger partial charge in [-0.3, -0.25) is 0 Å². The van der Waals surface area contributed by atoms with Gasteiger partial charge < -0.3 is 14.2 Å². The van der Waals surface area contributed by atoms with Gasteiger partial charge in [0.2, 0.25) is 0 Å². The van der Waals surface area contributed by atoms with E-state index in [1.807, 2.05) is 42.5 Å². The largest absolute Gasteiger partial charge is 0.423 e. The van der Waals surface area contributed by atoms with Gasteiger partial charge in [0.15, 0.2) is 0 Å². The van der Waals surface area contributed by atoms with Crippen molar-refractivity contribution < 1.29 is 28.6 Å². The van der Waals surface area contributed by atoms with Gasteiger partial charge in [0.05, 0.1) is 16.7 Å². The van der Waals surface area contributed by atoms with Crippen LogP contribution in [0.15, 0.2) is 140 Å². The summed E-state index contributed by atoms with van der Waals surface area (Å²) in [4.78, 5) is 37.6. The third-order valence-electron chi connectivity index (χ3n) is 6.15. The number of esters is 3. The molecule has 0 bridgehead atoms. The second kappa shape index (κ2) is 13.5. The zero-order chi connectivity index (χ0) is 29.1. The molecule has 0 radical (unpaired) electrons. The van der Waals surface area contributed by atoms with Gasteiger partial charge >= 0.3 is 17.9 Å². The van der Waals surface area contributed by atoms with E-state index >= 15 is 0 Å². The van der Waals surface area contributed by atoms with Gasteiger partial charge in [-0.1, -0.05) is 78.9 Å². The van der Waals surface area contributed by atoms with E-state index in [1.165, 1.54) is 6.07 Å². The molecule has 5 rings (SSSR count). The number of rotatable bonds is 9. The van der Waals surface area contributed by atoms with Crippen LogP contribution in [0.5, 0.6) is 17.2 Å². The monoisotopic (exact) mass is 554 g/mol. The standard InChI is InChI=1S/C36H26O6/c37-34(28-13-4-1-5-14-28)40-31-21-19-26(20-22-31)11-10-12-27-23-32(41-35(38)29-15-6-2-7-16-29)25-33(24-27)42-36(39)30-17-8-3-9-18-30/h1-10,12-25H,11H2/b12-10+. The van der Waals surface area contributed by atoms with Crippen molar-refractivity contribution in [2.75, 3.05) is 0 Å². The maximum atomic E-state index is 12.7. The molecule has 0 aliphatic heterocycles. The van der Waals surface area contributed by atoms with Crippen molar-refractivity contribution in [1.82, 2.24) is 0 Å². The van der Waals surface area contributed by atoms with Crippen molar-refractivity contribution in [2.24, 2.45) is 0 Å². The molecule has 42 heavy (non-hydrogen) atoms. The van der Waals surface area contributed by atoms with Crippen LogP contribution in [0.25, 0.3) is 6.08 Å². The lowest BCUT2D eigenvalue weighted by atomic mass is 10.1. The molecular weight excluding hydrogens is 528 g/mol. The zero-order valence-electron chi connectivity index (χ0n) is 22.5. The van der Waals surface area contributed by atoms with Crippen LogP contribution in [-0.4, -0.2) is 17.9 Å². The molecular formula is C36H26O6. The molecule has 0 spiro atoms. The van der Waals surface area contributed by atoms with E-state index in [0.717, 1.165) is 5.56 Å². The molecule has 0 aliphatic rings. The quantitative estimate of drug-likeness (QED) is 0.138. The SMILES string of the molecule is O=C(Oc1ccc(C/C=C/c2cc(OC(=O)c3ccccc3)cc(OC(=O)c3ccccc3)c2)cc1)c1ccccc1. The van der Waals surface area contributed by atoms with Gasteiger partial charge in [-0.15, -0.1) is 0 Å². The Kier molecular flexibility index (Phi) is 8.97. The maximum Gasteiger partial charge on any atom is 0.343 e. The van der Waals surface area contributed by atoms with Gasteiger partial charge in [0.25, 0.3) is 0 Å². The number of carbonyl (C=O) groups is 3. The van der Waals surface area contributed by atoms with Crippen molar-refractivity contribution in [1.29, 1.82) is 0 Å². The molecule has 0 saturated heterocycles. The minimum absolute atomic E-state index is 0.242. The van der Waals surface area contributed by atoms with Gasteiger partial charge in [-0.2, -0.15) is 0 Å². The molecule has 5 aromatic rings. The van der Waals surface area contributed by atoms with Crippen molar-refractivity contribution in [2.45, 2.75) is 6.42 Å². The molecule has 0 saturated carbocycles. The Hall–Kier alpha value is -5.75. The summed E-state index contributed by atoms with van der Waals surface area (Å²) in [6.07, 6.45) is 4.37. The van der Waals surface area contributed by atoms with Crippen LogP contribution in [0.4, 0.5) is 0 Å². The molecule has 0 aromatic heterocycles. The van der Waals surface area contributed by atoms with Crippen LogP contribution in [-0.2, 0) is 6.42 Å². The van der Waals surface area contributed by atoms with Crippen LogP contribution in [0, 0.1) is 0 Å². The van der Waals surface area contributed by atoms with E-state index in [9.17, 15) is 14.4 Å². The molecule has 0 N–H and O–H groups in total. The number of benzene rings is 5. The minimum atomic E-state index is -0.523. The second-order valence-corrected chi connectivity index (χ2v) is 9.25. The van der Waals surface area contributed by atoms with E-state index < -0.39 is 17.9 Å². The first-order chi connectivity index (χ1) is 20.5. The molecule has 6 heteroatoms. The lowest BCUT2D eigenvalue weighted by molar-refractivity contribution is 0.0720. The van der Waals surface area contributed by atoms with Crippen LogP contribution in [0.1, 0.15) is 42.2 Å². The Morgan fingerprint density at radius 1 is 0.476 bits per heavy atom. The molecule has 0 atom stereocenters. The molecule has 0 aliphatic carbocycles. The average Bonchev–Trinajstić information content (AvgIpc) is 3.03. The zero-order valence-corrected chi connectivity index (χ0v) is 22.5. The lowest BCUT2D eigenvalue weighted by Gasteiger charge is -2.10. The smallest absolute Gasteiger partial charge is 0.343 e. The van der Waals surface area contributed by atoms with E-state index in [-0.39, 0.29) is 11.5 Å². The van der Waals surface area contributed by atoms with E-state index in [1.54, 1.807) is 97.1 Å². The fraction of sp³-hybridized carbons (Fsp3) is 0.0278. The highest BCUT2D eigenvalue weighted by Gasteiger charge is 2.13. The van der Waals surface area contributed by atoms with Gasteiger partial charge in [-0.05, 0) is 78.2 Å². The highest BCUT2D eigenvalue weighted by atomic mass is 16.5. The predicted octanol–water partition coefficient (Wildman–Crippen LogP) is 7.60. The van der Waals surface area contributed by atoms with Crippen LogP contribution >= 0.6 is 0 Å². The Balaban J connectivity index is 1.29. The third-order valence-corrected chi connectivity index (χ3v) is 6.15. The Morgan fingerprint density at radius 2 is 0.881 bits per heavy atom. The number of ether oxygens (including phenoxy) is 3. The summed E-state index contributed by atoms with van der Waals surface area (Å²) < 4.78 is 16.7. The second-order valence-electron chi connectivity index (χ2n) is 9.25. The third kappa shape index (κ3) is 7.67. The molecule has 206 valence electrons. The van der Waals surface area contributed by atoms with Crippen molar-refractivity contribution in [3.8, 4) is 17.2 Å². The predicted molar refractivity (Wildman–Crippen MR) is 160 cm³/mol. The fourth-order valence-corrected chi connectivity index (χ4v) is 4.05. The first kappa shape index (κ1) is 27.8. The van der Waals surface area contributed by atoms with Gasteiger partial charge in [0, 0.05) is 6.07 Å². The minimum Gasteiger partial charge on any atom is -0.423 e. The fourth-order valence-electron chi connectivity index (χ4n) is 4.05. The van der Waals surface area contributed by atoms with Crippen molar-refractivity contribution in [3.63, 3.8) is 0 Å². The number of carbonyl (C=O) groups excluding carboxylic acids is 3. The Morgan fingerprint density at radius 3 is 1.31 bits per heavy atom. The van der Waals surface area contributed by atoms with Crippen molar-refractivity contribution in [3.05, 3.63) is 167 Å². The summed E-state index contributed by atoms with van der Waals surface area (Å²) in [5.74, 6) is -0.526. The number of hydrogen-bond donors (Lipinski definition) is 0. The summed E-state index contributed by atoms with van der Waals surface area (Å²) >= 11 is 0.